The summed E-state index contributed by atoms with van der Waals surface area (Å²) in [5.74, 6) is 0. The van der Waals surface area contributed by atoms with Crippen molar-refractivity contribution < 1.29 is 10.2 Å². The third-order valence-electron chi connectivity index (χ3n) is 1.73. The lowest BCUT2D eigenvalue weighted by molar-refractivity contribution is -0.00865. The van der Waals surface area contributed by atoms with E-state index < -0.39 is 0 Å². The van der Waals surface area contributed by atoms with Gasteiger partial charge in [-0.3, -0.25) is 0 Å². The summed E-state index contributed by atoms with van der Waals surface area (Å²) >= 11 is 0. The smallest absolute Gasteiger partial charge is 0.180 e. The van der Waals surface area contributed by atoms with Crippen LogP contribution in [0.4, 0.5) is 0 Å². The molecule has 0 unspecified atom stereocenters. The standard InChI is InChI=1S/C6H12O2/c7-5-3-1-2-4-6(5)8/h5-8H,1-4H2/p+1/t5-,6-/m1/s1. The van der Waals surface area contributed by atoms with Crippen LogP contribution in [0.5, 0.6) is 0 Å². The third kappa shape index (κ3) is 1.20. The van der Waals surface area contributed by atoms with Gasteiger partial charge in [-0.25, -0.2) is 0 Å². The van der Waals surface area contributed by atoms with Crippen molar-refractivity contribution in [2.45, 2.75) is 37.9 Å². The van der Waals surface area contributed by atoms with Gasteiger partial charge in [0.2, 0.25) is 0 Å². The fourth-order valence-corrected chi connectivity index (χ4v) is 1.11. The molecular formula is C6H13O2+. The largest absolute Gasteiger partial charge is 0.441 e. The van der Waals surface area contributed by atoms with Crippen LogP contribution in [0.25, 0.3) is 0 Å². The average Bonchev–Trinajstić information content (AvgIpc) is 1.77. The van der Waals surface area contributed by atoms with E-state index in [4.69, 9.17) is 10.2 Å². The molecule has 2 heteroatoms. The maximum Gasteiger partial charge on any atom is 0.180 e. The molecule has 0 aliphatic heterocycles. The van der Waals surface area contributed by atoms with Crippen molar-refractivity contribution in [2.24, 2.45) is 0 Å². The van der Waals surface area contributed by atoms with Gasteiger partial charge in [-0.2, -0.15) is 0 Å². The van der Waals surface area contributed by atoms with Crippen molar-refractivity contribution in [3.8, 4) is 0 Å². The summed E-state index contributed by atoms with van der Waals surface area (Å²) in [6, 6.07) is 0. The molecule has 1 aliphatic carbocycles. The molecule has 1 fully saturated rings. The summed E-state index contributed by atoms with van der Waals surface area (Å²) in [6.07, 6.45) is 3.45. The Bertz CT molecular complexity index is 62.9. The van der Waals surface area contributed by atoms with Crippen molar-refractivity contribution in [2.75, 3.05) is 0 Å². The zero-order chi connectivity index (χ0) is 5.98. The lowest BCUT2D eigenvalue weighted by Gasteiger charge is -2.18. The van der Waals surface area contributed by atoms with E-state index in [1.807, 2.05) is 0 Å². The van der Waals surface area contributed by atoms with Crippen LogP contribution in [0.3, 0.4) is 0 Å². The molecule has 0 amide bonds. The molecule has 3 N–H and O–H groups in total. The highest BCUT2D eigenvalue weighted by atomic mass is 16.3. The number of aliphatic hydroxyl groups is 1. The van der Waals surface area contributed by atoms with Crippen molar-refractivity contribution in [3.05, 3.63) is 0 Å². The quantitative estimate of drug-likeness (QED) is 0.446. The summed E-state index contributed by atoms with van der Waals surface area (Å²) in [5, 5.41) is 16.2. The summed E-state index contributed by atoms with van der Waals surface area (Å²) in [4.78, 5) is 0. The van der Waals surface area contributed by atoms with Crippen LogP contribution in [-0.2, 0) is 0 Å². The van der Waals surface area contributed by atoms with Gasteiger partial charge in [0.1, 0.15) is 6.10 Å². The molecule has 2 nitrogen and oxygen atoms in total. The van der Waals surface area contributed by atoms with Crippen LogP contribution >= 0.6 is 0 Å². The molecular weight excluding hydrogens is 104 g/mol. The number of aliphatic hydroxyl groups excluding tert-OH is 1. The number of rotatable bonds is 0. The van der Waals surface area contributed by atoms with Crippen LogP contribution in [0.15, 0.2) is 0 Å². The molecule has 1 rings (SSSR count). The van der Waals surface area contributed by atoms with Crippen molar-refractivity contribution >= 4 is 0 Å². The van der Waals surface area contributed by atoms with Gasteiger partial charge in [-0.15, -0.1) is 0 Å². The monoisotopic (exact) mass is 117 g/mol. The third-order valence-corrected chi connectivity index (χ3v) is 1.73. The molecule has 1 aliphatic rings. The molecule has 48 valence electrons. The van der Waals surface area contributed by atoms with E-state index in [9.17, 15) is 0 Å². The predicted molar refractivity (Wildman–Crippen MR) is 31.9 cm³/mol. The average molecular weight is 117 g/mol. The zero-order valence-electron chi connectivity index (χ0n) is 4.93. The maximum absolute atomic E-state index is 8.99. The molecule has 0 radical (unpaired) electrons. The Kier molecular flexibility index (Phi) is 1.86. The highest BCUT2D eigenvalue weighted by Crippen LogP contribution is 2.17. The van der Waals surface area contributed by atoms with Crippen molar-refractivity contribution in [1.82, 2.24) is 0 Å². The van der Waals surface area contributed by atoms with Crippen LogP contribution < -0.4 is 0 Å². The van der Waals surface area contributed by atoms with Gasteiger partial charge in [0.05, 0.1) is 0 Å². The first-order valence-corrected chi connectivity index (χ1v) is 3.20. The lowest BCUT2D eigenvalue weighted by atomic mass is 9.95. The van der Waals surface area contributed by atoms with E-state index in [0.29, 0.717) is 0 Å². The molecule has 0 heterocycles. The summed E-state index contributed by atoms with van der Waals surface area (Å²) in [7, 11) is 0. The van der Waals surface area contributed by atoms with Crippen LogP contribution in [0.1, 0.15) is 25.7 Å². The Labute approximate surface area is 49.1 Å². The van der Waals surface area contributed by atoms with E-state index >= 15 is 0 Å². The van der Waals surface area contributed by atoms with Gasteiger partial charge < -0.3 is 10.2 Å². The molecule has 1 saturated carbocycles. The Morgan fingerprint density at radius 1 is 1.25 bits per heavy atom. The minimum absolute atomic E-state index is 0.191. The van der Waals surface area contributed by atoms with E-state index in [1.165, 1.54) is 0 Å². The maximum atomic E-state index is 8.99. The summed E-state index contributed by atoms with van der Waals surface area (Å²) in [5.41, 5.74) is 0. The van der Waals surface area contributed by atoms with Crippen LogP contribution in [-0.4, -0.2) is 22.4 Å². The van der Waals surface area contributed by atoms with E-state index in [2.05, 4.69) is 0 Å². The fraction of sp³-hybridized carbons (Fsp3) is 1.00. The molecule has 0 saturated heterocycles. The minimum atomic E-state index is -0.330. The molecule has 0 aromatic carbocycles. The van der Waals surface area contributed by atoms with E-state index in [-0.39, 0.29) is 12.2 Å². The Hall–Kier alpha value is -0.0800. The topological polar surface area (TPSA) is 43.1 Å². The van der Waals surface area contributed by atoms with E-state index in [0.717, 1.165) is 25.7 Å². The first-order valence-electron chi connectivity index (χ1n) is 3.20. The minimum Gasteiger partial charge on any atom is -0.441 e. The van der Waals surface area contributed by atoms with Crippen molar-refractivity contribution in [1.29, 1.82) is 0 Å². The van der Waals surface area contributed by atoms with E-state index in [1.54, 1.807) is 0 Å². The van der Waals surface area contributed by atoms with Gasteiger partial charge >= 0.3 is 0 Å². The van der Waals surface area contributed by atoms with Crippen LogP contribution in [0, 0.1) is 0 Å². The van der Waals surface area contributed by atoms with Crippen LogP contribution in [0.2, 0.25) is 0 Å². The molecule has 2 atom stereocenters. The number of hydrogen-bond acceptors (Lipinski definition) is 1. The first-order chi connectivity index (χ1) is 3.80. The van der Waals surface area contributed by atoms with Gasteiger partial charge in [0, 0.05) is 6.42 Å². The number of hydrogen-bond donors (Lipinski definition) is 1. The Morgan fingerprint density at radius 3 is 2.25 bits per heavy atom. The Balaban J connectivity index is 2.28. The molecule has 8 heavy (non-hydrogen) atoms. The summed E-state index contributed by atoms with van der Waals surface area (Å²) in [6.45, 7) is 0. The SMILES string of the molecule is O[C@@H]1CCCC[C@H]1[OH2+]. The second-order valence-electron chi connectivity index (χ2n) is 2.46. The van der Waals surface area contributed by atoms with Gasteiger partial charge in [-0.05, 0) is 12.8 Å². The first kappa shape index (κ1) is 6.05. The van der Waals surface area contributed by atoms with Crippen molar-refractivity contribution in [3.63, 3.8) is 0 Å². The van der Waals surface area contributed by atoms with Gasteiger partial charge in [0.15, 0.2) is 6.10 Å². The molecule has 0 spiro atoms. The molecule has 0 aromatic rings. The molecule has 0 aromatic heterocycles. The second-order valence-corrected chi connectivity index (χ2v) is 2.46. The fourth-order valence-electron chi connectivity index (χ4n) is 1.11. The lowest BCUT2D eigenvalue weighted by Crippen LogP contribution is -2.28. The normalized spacial score (nSPS) is 39.8. The second kappa shape index (κ2) is 2.46. The highest BCUT2D eigenvalue weighted by Gasteiger charge is 2.23. The van der Waals surface area contributed by atoms with Gasteiger partial charge in [0.25, 0.3) is 0 Å². The highest BCUT2D eigenvalue weighted by molar-refractivity contribution is 4.72. The molecule has 0 bridgehead atoms. The summed E-state index contributed by atoms with van der Waals surface area (Å²) < 4.78 is 0. The zero-order valence-corrected chi connectivity index (χ0v) is 4.93. The van der Waals surface area contributed by atoms with Gasteiger partial charge in [-0.1, -0.05) is 6.42 Å². The predicted octanol–water partition coefficient (Wildman–Crippen LogP) is 0.0145. The Morgan fingerprint density at radius 2 is 1.88 bits per heavy atom.